The van der Waals surface area contributed by atoms with Gasteiger partial charge >= 0.3 is 0 Å². The first-order chi connectivity index (χ1) is 24.7. The zero-order valence-corrected chi connectivity index (χ0v) is 27.7. The van der Waals surface area contributed by atoms with Gasteiger partial charge in [0.2, 0.25) is 0 Å². The van der Waals surface area contributed by atoms with Crippen LogP contribution in [0.5, 0.6) is 0 Å². The van der Waals surface area contributed by atoms with E-state index in [-0.39, 0.29) is 5.41 Å². The number of hydrogen-bond acceptors (Lipinski definition) is 2. The van der Waals surface area contributed by atoms with E-state index in [1.807, 2.05) is 0 Å². The maximum absolute atomic E-state index is 6.77. The van der Waals surface area contributed by atoms with E-state index in [1.165, 1.54) is 55.1 Å². The van der Waals surface area contributed by atoms with Crippen LogP contribution in [-0.4, -0.2) is 0 Å². The summed E-state index contributed by atoms with van der Waals surface area (Å²) in [6.07, 6.45) is 0. The Labute approximate surface area is 291 Å². The quantitative estimate of drug-likeness (QED) is 0.186. The monoisotopic (exact) mass is 639 g/mol. The van der Waals surface area contributed by atoms with E-state index in [1.54, 1.807) is 0 Å². The zero-order chi connectivity index (χ0) is 33.2. The first kappa shape index (κ1) is 28.6. The third-order valence-electron chi connectivity index (χ3n) is 10.7. The van der Waals surface area contributed by atoms with Crippen molar-refractivity contribution >= 4 is 49.8 Å². The van der Waals surface area contributed by atoms with Crippen molar-refractivity contribution in [2.24, 2.45) is 0 Å². The molecule has 2 heteroatoms. The third-order valence-corrected chi connectivity index (χ3v) is 10.7. The minimum atomic E-state index is -0.322. The SMILES string of the molecule is CC1(c2cccc3oc4cc(N(c5ccc(-c6ccccc6)cc5)c5cccc6ccccc56)ccc4c23)c2ccccc2-c2ccccc21. The maximum atomic E-state index is 6.77. The Kier molecular flexibility index (Phi) is 6.34. The summed E-state index contributed by atoms with van der Waals surface area (Å²) in [5.41, 5.74) is 13.7. The average molecular weight is 640 g/mol. The highest BCUT2D eigenvalue weighted by molar-refractivity contribution is 6.10. The van der Waals surface area contributed by atoms with Crippen molar-refractivity contribution in [3.8, 4) is 22.3 Å². The van der Waals surface area contributed by atoms with Crippen LogP contribution in [0.25, 0.3) is 55.0 Å². The van der Waals surface area contributed by atoms with Crippen LogP contribution in [-0.2, 0) is 5.41 Å². The summed E-state index contributed by atoms with van der Waals surface area (Å²) in [5, 5.41) is 4.70. The van der Waals surface area contributed by atoms with Crippen molar-refractivity contribution in [1.29, 1.82) is 0 Å². The highest BCUT2D eigenvalue weighted by Gasteiger charge is 2.42. The van der Waals surface area contributed by atoms with Crippen LogP contribution in [0.1, 0.15) is 23.6 Å². The summed E-state index contributed by atoms with van der Waals surface area (Å²) >= 11 is 0. The molecule has 0 spiro atoms. The maximum Gasteiger partial charge on any atom is 0.137 e. The van der Waals surface area contributed by atoms with Gasteiger partial charge in [0.1, 0.15) is 11.2 Å². The lowest BCUT2D eigenvalue weighted by Gasteiger charge is -2.29. The summed E-state index contributed by atoms with van der Waals surface area (Å²) in [6, 6.07) is 65.6. The van der Waals surface area contributed by atoms with Crippen molar-refractivity contribution < 1.29 is 4.42 Å². The highest BCUT2D eigenvalue weighted by Crippen LogP contribution is 2.54. The molecule has 0 fully saturated rings. The average Bonchev–Trinajstić information content (AvgIpc) is 3.69. The molecule has 0 saturated carbocycles. The van der Waals surface area contributed by atoms with Crippen molar-refractivity contribution in [2.75, 3.05) is 4.90 Å². The molecule has 1 aromatic heterocycles. The lowest BCUT2D eigenvalue weighted by atomic mass is 9.73. The number of nitrogens with zero attached hydrogens (tertiary/aromatic N) is 1. The van der Waals surface area contributed by atoms with E-state index in [0.717, 1.165) is 33.6 Å². The molecule has 0 saturated heterocycles. The van der Waals surface area contributed by atoms with Gasteiger partial charge in [-0.3, -0.25) is 0 Å². The number of furan rings is 1. The van der Waals surface area contributed by atoms with Gasteiger partial charge in [-0.25, -0.2) is 0 Å². The predicted molar refractivity (Wildman–Crippen MR) is 209 cm³/mol. The minimum absolute atomic E-state index is 0.322. The van der Waals surface area contributed by atoms with Gasteiger partial charge in [0.05, 0.1) is 5.69 Å². The van der Waals surface area contributed by atoms with Gasteiger partial charge in [-0.05, 0) is 87.7 Å². The van der Waals surface area contributed by atoms with E-state index in [0.29, 0.717) is 0 Å². The molecule has 236 valence electrons. The summed E-state index contributed by atoms with van der Waals surface area (Å²) in [6.45, 7) is 2.38. The molecule has 0 N–H and O–H groups in total. The molecule has 0 unspecified atom stereocenters. The van der Waals surface area contributed by atoms with Crippen molar-refractivity contribution in [3.05, 3.63) is 199 Å². The molecule has 8 aromatic carbocycles. The Morgan fingerprint density at radius 3 is 1.82 bits per heavy atom. The lowest BCUT2D eigenvalue weighted by Crippen LogP contribution is -2.22. The molecule has 9 aromatic rings. The molecule has 1 heterocycles. The normalized spacial score (nSPS) is 13.1. The Morgan fingerprint density at radius 2 is 1.04 bits per heavy atom. The van der Waals surface area contributed by atoms with Crippen LogP contribution in [0.3, 0.4) is 0 Å². The van der Waals surface area contributed by atoms with Crippen LogP contribution in [0.15, 0.2) is 186 Å². The zero-order valence-electron chi connectivity index (χ0n) is 27.7. The van der Waals surface area contributed by atoms with Crippen molar-refractivity contribution in [3.63, 3.8) is 0 Å². The summed E-state index contributed by atoms with van der Waals surface area (Å²) in [5.74, 6) is 0. The third kappa shape index (κ3) is 4.22. The molecular formula is C48H33NO. The topological polar surface area (TPSA) is 16.4 Å². The van der Waals surface area contributed by atoms with Crippen LogP contribution < -0.4 is 4.90 Å². The Hall–Kier alpha value is -6.38. The first-order valence-corrected chi connectivity index (χ1v) is 17.3. The Morgan fingerprint density at radius 1 is 0.440 bits per heavy atom. The van der Waals surface area contributed by atoms with E-state index in [4.69, 9.17) is 4.42 Å². The molecule has 0 aliphatic heterocycles. The van der Waals surface area contributed by atoms with E-state index >= 15 is 0 Å². The minimum Gasteiger partial charge on any atom is -0.456 e. The van der Waals surface area contributed by atoms with E-state index < -0.39 is 0 Å². The van der Waals surface area contributed by atoms with Gasteiger partial charge in [-0.2, -0.15) is 0 Å². The van der Waals surface area contributed by atoms with Gasteiger partial charge < -0.3 is 9.32 Å². The second kappa shape index (κ2) is 11.1. The van der Waals surface area contributed by atoms with Crippen molar-refractivity contribution in [1.82, 2.24) is 0 Å². The number of fused-ring (bicyclic) bond motifs is 7. The fourth-order valence-electron chi connectivity index (χ4n) is 8.38. The van der Waals surface area contributed by atoms with Crippen LogP contribution in [0, 0.1) is 0 Å². The molecule has 2 nitrogen and oxygen atoms in total. The number of benzene rings is 8. The fraction of sp³-hybridized carbons (Fsp3) is 0.0417. The standard InChI is InChI=1S/C48H33NO/c1-48(41-20-9-7-18-38(41)39-19-8-10-21-42(39)48)43-22-12-24-45-47(43)40-30-29-36(31-46(40)50-45)49(44-23-11-16-34-15-5-6-17-37(34)44)35-27-25-33(26-28-35)32-13-3-2-4-14-32/h2-31H,1H3. The number of anilines is 3. The van der Waals surface area contributed by atoms with Gasteiger partial charge in [-0.1, -0.05) is 140 Å². The van der Waals surface area contributed by atoms with Gasteiger partial charge in [0.15, 0.2) is 0 Å². The largest absolute Gasteiger partial charge is 0.456 e. The lowest BCUT2D eigenvalue weighted by molar-refractivity contribution is 0.666. The molecule has 1 aliphatic carbocycles. The summed E-state index contributed by atoms with van der Waals surface area (Å²) < 4.78 is 6.77. The number of hydrogen-bond donors (Lipinski definition) is 0. The Bertz CT molecular complexity index is 2670. The van der Waals surface area contributed by atoms with Crippen LogP contribution in [0.2, 0.25) is 0 Å². The molecule has 0 amide bonds. The molecule has 0 radical (unpaired) electrons. The summed E-state index contributed by atoms with van der Waals surface area (Å²) in [7, 11) is 0. The molecular weight excluding hydrogens is 607 g/mol. The van der Waals surface area contributed by atoms with E-state index in [9.17, 15) is 0 Å². The second-order valence-corrected chi connectivity index (χ2v) is 13.4. The van der Waals surface area contributed by atoms with E-state index in [2.05, 4.69) is 194 Å². The van der Waals surface area contributed by atoms with Crippen LogP contribution >= 0.6 is 0 Å². The van der Waals surface area contributed by atoms with Crippen molar-refractivity contribution in [2.45, 2.75) is 12.3 Å². The molecule has 10 rings (SSSR count). The van der Waals surface area contributed by atoms with Gasteiger partial charge in [0.25, 0.3) is 0 Å². The van der Waals surface area contributed by atoms with Gasteiger partial charge in [0, 0.05) is 39.0 Å². The van der Waals surface area contributed by atoms with Gasteiger partial charge in [-0.15, -0.1) is 0 Å². The second-order valence-electron chi connectivity index (χ2n) is 13.4. The molecule has 0 bridgehead atoms. The fourth-order valence-corrected chi connectivity index (χ4v) is 8.38. The summed E-state index contributed by atoms with van der Waals surface area (Å²) in [4.78, 5) is 2.36. The smallest absolute Gasteiger partial charge is 0.137 e. The number of rotatable bonds is 5. The Balaban J connectivity index is 1.17. The predicted octanol–water partition coefficient (Wildman–Crippen LogP) is 13.2. The van der Waals surface area contributed by atoms with Crippen LogP contribution in [0.4, 0.5) is 17.1 Å². The molecule has 1 aliphatic rings. The highest BCUT2D eigenvalue weighted by atomic mass is 16.3. The first-order valence-electron chi connectivity index (χ1n) is 17.3. The molecule has 50 heavy (non-hydrogen) atoms. The molecule has 0 atom stereocenters.